The summed E-state index contributed by atoms with van der Waals surface area (Å²) in [7, 11) is 3.09. The third-order valence-electron chi connectivity index (χ3n) is 4.18. The van der Waals surface area contributed by atoms with Crippen LogP contribution in [0.1, 0.15) is 21.5 Å². The summed E-state index contributed by atoms with van der Waals surface area (Å²) in [5, 5.41) is 4.07. The van der Waals surface area contributed by atoms with Crippen molar-refractivity contribution in [1.82, 2.24) is 5.43 Å². The van der Waals surface area contributed by atoms with E-state index in [-0.39, 0.29) is 5.91 Å². The second-order valence-corrected chi connectivity index (χ2v) is 6.05. The van der Waals surface area contributed by atoms with Crippen LogP contribution in [0.2, 0.25) is 0 Å². The highest BCUT2D eigenvalue weighted by Gasteiger charge is 2.12. The zero-order chi connectivity index (χ0) is 20.5. The monoisotopic (exact) mass is 390 g/mol. The molecular formula is C23H22N2O4. The van der Waals surface area contributed by atoms with Crippen molar-refractivity contribution in [1.29, 1.82) is 0 Å². The SMILES string of the molecule is COc1ccccc1C(=O)N/N=C/c1cccc(OC)c1OCc1ccccc1. The van der Waals surface area contributed by atoms with Gasteiger partial charge in [0.25, 0.3) is 5.91 Å². The molecule has 1 N–H and O–H groups in total. The van der Waals surface area contributed by atoms with E-state index in [2.05, 4.69) is 10.5 Å². The van der Waals surface area contributed by atoms with Crippen LogP contribution in [0.3, 0.4) is 0 Å². The molecule has 0 aliphatic heterocycles. The van der Waals surface area contributed by atoms with Gasteiger partial charge in [-0.15, -0.1) is 0 Å². The van der Waals surface area contributed by atoms with Gasteiger partial charge in [0.1, 0.15) is 12.4 Å². The van der Waals surface area contributed by atoms with Crippen molar-refractivity contribution < 1.29 is 19.0 Å². The van der Waals surface area contributed by atoms with E-state index in [4.69, 9.17) is 14.2 Å². The number of para-hydroxylation sites is 2. The standard InChI is InChI=1S/C23H22N2O4/c1-27-20-13-7-6-12-19(20)23(26)25-24-15-18-11-8-14-21(28-2)22(18)29-16-17-9-4-3-5-10-17/h3-15H,16H2,1-2H3,(H,25,26)/b24-15+. The first-order chi connectivity index (χ1) is 14.2. The fourth-order valence-electron chi connectivity index (χ4n) is 2.73. The van der Waals surface area contributed by atoms with E-state index in [1.54, 1.807) is 31.4 Å². The predicted molar refractivity (Wildman–Crippen MR) is 112 cm³/mol. The third-order valence-corrected chi connectivity index (χ3v) is 4.18. The van der Waals surface area contributed by atoms with E-state index < -0.39 is 0 Å². The number of benzene rings is 3. The van der Waals surface area contributed by atoms with Crippen LogP contribution in [0.5, 0.6) is 17.2 Å². The van der Waals surface area contributed by atoms with E-state index in [0.717, 1.165) is 5.56 Å². The van der Waals surface area contributed by atoms with Crippen molar-refractivity contribution in [3.05, 3.63) is 89.5 Å². The fourth-order valence-corrected chi connectivity index (χ4v) is 2.73. The Morgan fingerprint density at radius 2 is 1.59 bits per heavy atom. The third kappa shape index (κ3) is 5.13. The largest absolute Gasteiger partial charge is 0.496 e. The number of nitrogens with one attached hydrogen (secondary N) is 1. The van der Waals surface area contributed by atoms with Gasteiger partial charge in [-0.05, 0) is 29.8 Å². The molecule has 0 unspecified atom stereocenters. The number of amides is 1. The molecule has 0 saturated carbocycles. The van der Waals surface area contributed by atoms with Crippen molar-refractivity contribution in [2.75, 3.05) is 14.2 Å². The lowest BCUT2D eigenvalue weighted by atomic mass is 10.2. The molecule has 0 heterocycles. The molecule has 29 heavy (non-hydrogen) atoms. The molecule has 0 bridgehead atoms. The summed E-state index contributed by atoms with van der Waals surface area (Å²) in [6.45, 7) is 0.385. The second-order valence-electron chi connectivity index (χ2n) is 6.05. The van der Waals surface area contributed by atoms with Gasteiger partial charge in [-0.1, -0.05) is 48.5 Å². The van der Waals surface area contributed by atoms with Crippen LogP contribution >= 0.6 is 0 Å². The quantitative estimate of drug-likeness (QED) is 0.465. The maximum absolute atomic E-state index is 12.4. The van der Waals surface area contributed by atoms with Crippen LogP contribution in [0.25, 0.3) is 0 Å². The topological polar surface area (TPSA) is 69.2 Å². The highest BCUT2D eigenvalue weighted by Crippen LogP contribution is 2.30. The zero-order valence-corrected chi connectivity index (χ0v) is 16.3. The smallest absolute Gasteiger partial charge is 0.275 e. The first-order valence-corrected chi connectivity index (χ1v) is 9.03. The maximum Gasteiger partial charge on any atom is 0.275 e. The molecule has 0 saturated heterocycles. The lowest BCUT2D eigenvalue weighted by Crippen LogP contribution is -2.18. The number of hydrogen-bond acceptors (Lipinski definition) is 5. The molecule has 0 aliphatic rings. The van der Waals surface area contributed by atoms with Crippen LogP contribution in [-0.4, -0.2) is 26.3 Å². The molecule has 3 aromatic rings. The van der Waals surface area contributed by atoms with Gasteiger partial charge in [-0.25, -0.2) is 5.43 Å². The number of nitrogens with zero attached hydrogens (tertiary/aromatic N) is 1. The first-order valence-electron chi connectivity index (χ1n) is 9.03. The Bertz CT molecular complexity index is 987. The molecule has 0 radical (unpaired) electrons. The summed E-state index contributed by atoms with van der Waals surface area (Å²) in [4.78, 5) is 12.4. The number of ether oxygens (including phenoxy) is 3. The highest BCUT2D eigenvalue weighted by atomic mass is 16.5. The van der Waals surface area contributed by atoms with Crippen molar-refractivity contribution in [2.45, 2.75) is 6.61 Å². The normalized spacial score (nSPS) is 10.6. The Morgan fingerprint density at radius 1 is 0.897 bits per heavy atom. The van der Waals surface area contributed by atoms with E-state index in [9.17, 15) is 4.79 Å². The molecule has 0 spiro atoms. The van der Waals surface area contributed by atoms with Gasteiger partial charge in [0.15, 0.2) is 11.5 Å². The van der Waals surface area contributed by atoms with Crippen molar-refractivity contribution in [3.8, 4) is 17.2 Å². The molecule has 6 heteroatoms. The number of carbonyl (C=O) groups is 1. The first kappa shape index (κ1) is 19.9. The van der Waals surface area contributed by atoms with Crippen LogP contribution < -0.4 is 19.6 Å². The zero-order valence-electron chi connectivity index (χ0n) is 16.3. The fraction of sp³-hybridized carbons (Fsp3) is 0.130. The lowest BCUT2D eigenvalue weighted by Gasteiger charge is -2.13. The predicted octanol–water partition coefficient (Wildman–Crippen LogP) is 4.05. The number of hydrogen-bond donors (Lipinski definition) is 1. The van der Waals surface area contributed by atoms with Crippen LogP contribution in [-0.2, 0) is 6.61 Å². The Kier molecular flexibility index (Phi) is 6.84. The van der Waals surface area contributed by atoms with Crippen molar-refractivity contribution in [2.24, 2.45) is 5.10 Å². The highest BCUT2D eigenvalue weighted by molar-refractivity contribution is 5.97. The summed E-state index contributed by atoms with van der Waals surface area (Å²) < 4.78 is 16.6. The van der Waals surface area contributed by atoms with Gasteiger partial charge in [-0.2, -0.15) is 5.10 Å². The van der Waals surface area contributed by atoms with Gasteiger partial charge in [0.2, 0.25) is 0 Å². The molecule has 1 amide bonds. The molecule has 0 atom stereocenters. The molecule has 3 aromatic carbocycles. The van der Waals surface area contributed by atoms with Crippen LogP contribution in [0.4, 0.5) is 0 Å². The summed E-state index contributed by atoms with van der Waals surface area (Å²) in [6.07, 6.45) is 1.52. The molecule has 148 valence electrons. The summed E-state index contributed by atoms with van der Waals surface area (Å²) in [6, 6.07) is 22.3. The average Bonchev–Trinajstić information content (AvgIpc) is 2.78. The van der Waals surface area contributed by atoms with Crippen LogP contribution in [0.15, 0.2) is 77.9 Å². The van der Waals surface area contributed by atoms with Gasteiger partial charge < -0.3 is 14.2 Å². The van der Waals surface area contributed by atoms with Gasteiger partial charge in [0.05, 0.1) is 26.0 Å². The Morgan fingerprint density at radius 3 is 2.34 bits per heavy atom. The van der Waals surface area contributed by atoms with Crippen molar-refractivity contribution in [3.63, 3.8) is 0 Å². The van der Waals surface area contributed by atoms with Gasteiger partial charge in [0, 0.05) is 5.56 Å². The summed E-state index contributed by atoms with van der Waals surface area (Å²) in [5.74, 6) is 1.25. The molecule has 0 aromatic heterocycles. The van der Waals surface area contributed by atoms with E-state index in [1.807, 2.05) is 48.5 Å². The number of hydrazone groups is 1. The molecular weight excluding hydrogens is 368 g/mol. The van der Waals surface area contributed by atoms with E-state index in [1.165, 1.54) is 13.3 Å². The van der Waals surface area contributed by atoms with Crippen LogP contribution in [0, 0.1) is 0 Å². The Labute approximate surface area is 169 Å². The van der Waals surface area contributed by atoms with Gasteiger partial charge >= 0.3 is 0 Å². The Balaban J connectivity index is 1.75. The van der Waals surface area contributed by atoms with E-state index in [0.29, 0.717) is 35.0 Å². The molecule has 0 aliphatic carbocycles. The molecule has 6 nitrogen and oxygen atoms in total. The van der Waals surface area contributed by atoms with E-state index >= 15 is 0 Å². The minimum absolute atomic E-state index is 0.367. The molecule has 0 fully saturated rings. The number of methoxy groups -OCH3 is 2. The number of rotatable bonds is 8. The maximum atomic E-state index is 12.4. The molecule has 3 rings (SSSR count). The minimum atomic E-state index is -0.367. The second kappa shape index (κ2) is 9.94. The average molecular weight is 390 g/mol. The minimum Gasteiger partial charge on any atom is -0.496 e. The van der Waals surface area contributed by atoms with Gasteiger partial charge in [-0.3, -0.25) is 4.79 Å². The summed E-state index contributed by atoms with van der Waals surface area (Å²) >= 11 is 0. The number of carbonyl (C=O) groups excluding carboxylic acids is 1. The summed E-state index contributed by atoms with van der Waals surface area (Å²) in [5.41, 5.74) is 4.63. The van der Waals surface area contributed by atoms with Crippen molar-refractivity contribution >= 4 is 12.1 Å². The Hall–Kier alpha value is -3.80. The lowest BCUT2D eigenvalue weighted by molar-refractivity contribution is 0.0952.